The van der Waals surface area contributed by atoms with Gasteiger partial charge >= 0.3 is 0 Å². The Labute approximate surface area is 151 Å². The van der Waals surface area contributed by atoms with Crippen molar-refractivity contribution in [1.29, 1.82) is 0 Å². The Hall–Kier alpha value is -0.790. The summed E-state index contributed by atoms with van der Waals surface area (Å²) >= 11 is 0. The van der Waals surface area contributed by atoms with Crippen LogP contribution in [0.15, 0.2) is 15.6 Å². The molecule has 0 radical (unpaired) electrons. The van der Waals surface area contributed by atoms with Gasteiger partial charge in [0.2, 0.25) is 0 Å². The first-order chi connectivity index (χ1) is 9.88. The van der Waals surface area contributed by atoms with Gasteiger partial charge in [-0.2, -0.15) is 0 Å². The van der Waals surface area contributed by atoms with Crippen molar-refractivity contribution in [2.75, 3.05) is 0 Å². The lowest BCUT2D eigenvalue weighted by molar-refractivity contribution is 0.376. The number of hydrogen-bond donors (Lipinski definition) is 2. The molecular formula is C16H31IN4O. The summed E-state index contributed by atoms with van der Waals surface area (Å²) in [6.07, 6.45) is 3.56. The van der Waals surface area contributed by atoms with E-state index in [0.717, 1.165) is 23.8 Å². The van der Waals surface area contributed by atoms with E-state index < -0.39 is 0 Å². The van der Waals surface area contributed by atoms with E-state index in [9.17, 15) is 0 Å². The van der Waals surface area contributed by atoms with Crippen LogP contribution in [0.2, 0.25) is 0 Å². The lowest BCUT2D eigenvalue weighted by Gasteiger charge is -2.14. The van der Waals surface area contributed by atoms with Crippen LogP contribution < -0.4 is 11.1 Å². The Kier molecular flexibility index (Phi) is 10.5. The molecule has 3 N–H and O–H groups in total. The fourth-order valence-electron chi connectivity index (χ4n) is 2.04. The van der Waals surface area contributed by atoms with Gasteiger partial charge in [0, 0.05) is 12.1 Å². The number of aromatic nitrogens is 1. The number of nitrogens with one attached hydrogen (secondary N) is 1. The Morgan fingerprint density at radius 3 is 2.50 bits per heavy atom. The normalized spacial score (nSPS) is 13.3. The van der Waals surface area contributed by atoms with E-state index in [2.05, 4.69) is 50.1 Å². The summed E-state index contributed by atoms with van der Waals surface area (Å²) in [4.78, 5) is 4.30. The summed E-state index contributed by atoms with van der Waals surface area (Å²) in [7, 11) is 0. The van der Waals surface area contributed by atoms with E-state index in [0.29, 0.717) is 24.5 Å². The molecule has 5 nitrogen and oxygen atoms in total. The molecule has 0 aliphatic heterocycles. The molecule has 128 valence electrons. The molecule has 0 saturated carbocycles. The van der Waals surface area contributed by atoms with Crippen LogP contribution in [-0.4, -0.2) is 17.2 Å². The van der Waals surface area contributed by atoms with Gasteiger partial charge in [-0.15, -0.1) is 24.0 Å². The van der Waals surface area contributed by atoms with Gasteiger partial charge in [0.15, 0.2) is 11.7 Å². The van der Waals surface area contributed by atoms with Crippen molar-refractivity contribution in [3.05, 3.63) is 17.5 Å². The number of nitrogens with zero attached hydrogens (tertiary/aromatic N) is 2. The van der Waals surface area contributed by atoms with Gasteiger partial charge in [0.1, 0.15) is 6.54 Å². The smallest absolute Gasteiger partial charge is 0.189 e. The maximum absolute atomic E-state index is 5.90. The van der Waals surface area contributed by atoms with Crippen molar-refractivity contribution >= 4 is 29.9 Å². The predicted octanol–water partition coefficient (Wildman–Crippen LogP) is 4.04. The molecule has 1 unspecified atom stereocenters. The zero-order valence-electron chi connectivity index (χ0n) is 14.4. The lowest BCUT2D eigenvalue weighted by atomic mass is 10.0. The topological polar surface area (TPSA) is 76.4 Å². The summed E-state index contributed by atoms with van der Waals surface area (Å²) in [5.41, 5.74) is 6.85. The van der Waals surface area contributed by atoms with Crippen LogP contribution in [0, 0.1) is 5.92 Å². The van der Waals surface area contributed by atoms with Gasteiger partial charge in [-0.1, -0.05) is 45.7 Å². The molecule has 0 spiro atoms. The second kappa shape index (κ2) is 10.9. The molecule has 0 saturated heterocycles. The van der Waals surface area contributed by atoms with Crippen LogP contribution in [0.1, 0.15) is 71.3 Å². The van der Waals surface area contributed by atoms with Gasteiger partial charge in [0.25, 0.3) is 0 Å². The minimum Gasteiger partial charge on any atom is -0.370 e. The first-order valence-corrected chi connectivity index (χ1v) is 7.90. The number of halogens is 1. The molecule has 1 heterocycles. The van der Waals surface area contributed by atoms with Crippen LogP contribution in [-0.2, 0) is 6.54 Å². The third-order valence-corrected chi connectivity index (χ3v) is 3.39. The van der Waals surface area contributed by atoms with Crippen LogP contribution in [0.4, 0.5) is 0 Å². The minimum absolute atomic E-state index is 0. The van der Waals surface area contributed by atoms with E-state index in [1.165, 1.54) is 12.8 Å². The number of rotatable bonds is 8. The number of hydrogen-bond acceptors (Lipinski definition) is 3. The summed E-state index contributed by atoms with van der Waals surface area (Å²) in [6, 6.07) is 2.28. The van der Waals surface area contributed by atoms with Crippen LogP contribution in [0.5, 0.6) is 0 Å². The van der Waals surface area contributed by atoms with Gasteiger partial charge in [0.05, 0.1) is 5.69 Å². The van der Waals surface area contributed by atoms with Gasteiger partial charge in [-0.05, 0) is 25.2 Å². The second-order valence-electron chi connectivity index (χ2n) is 6.44. The number of aliphatic imine (C=N–C) groups is 1. The van der Waals surface area contributed by atoms with Crippen LogP contribution in [0.3, 0.4) is 0 Å². The number of nitrogens with two attached hydrogens (primary N) is 1. The molecule has 1 atom stereocenters. The standard InChI is InChI=1S/C16H30N4O.HI/c1-11(2)7-6-8-13(5)19-16(17)18-10-14-9-15(12(3)4)20-21-14;/h9,11-13H,6-8,10H2,1-5H3,(H3,17,18,19);1H. The highest BCUT2D eigenvalue weighted by Gasteiger charge is 2.08. The molecule has 1 aromatic rings. The maximum Gasteiger partial charge on any atom is 0.189 e. The molecule has 0 fully saturated rings. The van der Waals surface area contributed by atoms with Crippen LogP contribution >= 0.6 is 24.0 Å². The molecular weight excluding hydrogens is 391 g/mol. The van der Waals surface area contributed by atoms with E-state index in [1.807, 2.05) is 6.07 Å². The molecule has 0 bridgehead atoms. The van der Waals surface area contributed by atoms with Crippen molar-refractivity contribution in [2.24, 2.45) is 16.6 Å². The molecule has 0 aliphatic carbocycles. The fraction of sp³-hybridized carbons (Fsp3) is 0.750. The van der Waals surface area contributed by atoms with Gasteiger partial charge < -0.3 is 15.6 Å². The Bertz CT molecular complexity index is 443. The monoisotopic (exact) mass is 422 g/mol. The Balaban J connectivity index is 0.00000441. The zero-order chi connectivity index (χ0) is 15.8. The Morgan fingerprint density at radius 1 is 1.27 bits per heavy atom. The van der Waals surface area contributed by atoms with Gasteiger partial charge in [-0.25, -0.2) is 4.99 Å². The first-order valence-electron chi connectivity index (χ1n) is 7.90. The number of guanidine groups is 1. The highest BCUT2D eigenvalue weighted by Crippen LogP contribution is 2.14. The maximum atomic E-state index is 5.90. The summed E-state index contributed by atoms with van der Waals surface area (Å²) < 4.78 is 5.23. The molecule has 22 heavy (non-hydrogen) atoms. The van der Waals surface area contributed by atoms with E-state index in [1.54, 1.807) is 0 Å². The third-order valence-electron chi connectivity index (χ3n) is 3.39. The van der Waals surface area contributed by atoms with E-state index in [-0.39, 0.29) is 24.0 Å². The van der Waals surface area contributed by atoms with Crippen molar-refractivity contribution in [3.63, 3.8) is 0 Å². The summed E-state index contributed by atoms with van der Waals surface area (Å²) in [6.45, 7) is 11.2. The third kappa shape index (κ3) is 8.60. The molecule has 0 amide bonds. The van der Waals surface area contributed by atoms with Crippen molar-refractivity contribution < 1.29 is 4.52 Å². The quantitative estimate of drug-likeness (QED) is 0.377. The molecule has 0 aromatic carbocycles. The zero-order valence-corrected chi connectivity index (χ0v) is 16.8. The molecule has 1 rings (SSSR count). The fourth-order valence-corrected chi connectivity index (χ4v) is 2.04. The van der Waals surface area contributed by atoms with Crippen molar-refractivity contribution in [2.45, 2.75) is 72.4 Å². The second-order valence-corrected chi connectivity index (χ2v) is 6.44. The first kappa shape index (κ1) is 21.2. The molecule has 1 aromatic heterocycles. The average molecular weight is 422 g/mol. The lowest BCUT2D eigenvalue weighted by Crippen LogP contribution is -2.38. The van der Waals surface area contributed by atoms with Gasteiger partial charge in [-0.3, -0.25) is 0 Å². The van der Waals surface area contributed by atoms with E-state index in [4.69, 9.17) is 10.3 Å². The molecule has 0 aliphatic rings. The van der Waals surface area contributed by atoms with Crippen LogP contribution in [0.25, 0.3) is 0 Å². The van der Waals surface area contributed by atoms with Crippen molar-refractivity contribution in [1.82, 2.24) is 10.5 Å². The van der Waals surface area contributed by atoms with Crippen molar-refractivity contribution in [3.8, 4) is 0 Å². The van der Waals surface area contributed by atoms with E-state index >= 15 is 0 Å². The summed E-state index contributed by atoms with van der Waals surface area (Å²) in [5.74, 6) is 2.33. The molecule has 6 heteroatoms. The largest absolute Gasteiger partial charge is 0.370 e. The predicted molar refractivity (Wildman–Crippen MR) is 103 cm³/mol. The highest BCUT2D eigenvalue weighted by atomic mass is 127. The summed E-state index contributed by atoms with van der Waals surface area (Å²) in [5, 5.41) is 7.23. The minimum atomic E-state index is 0. The Morgan fingerprint density at radius 2 is 1.95 bits per heavy atom. The SMILES string of the molecule is CC(C)CCCC(C)NC(N)=NCc1cc(C(C)C)no1.I. The highest BCUT2D eigenvalue weighted by molar-refractivity contribution is 14.0. The average Bonchev–Trinajstić information content (AvgIpc) is 2.84.